The van der Waals surface area contributed by atoms with Crippen molar-refractivity contribution in [2.45, 2.75) is 63.5 Å². The summed E-state index contributed by atoms with van der Waals surface area (Å²) >= 11 is 0. The first kappa shape index (κ1) is 21.8. The van der Waals surface area contributed by atoms with Gasteiger partial charge in [-0.15, -0.1) is 0 Å². The molecule has 3 heterocycles. The van der Waals surface area contributed by atoms with E-state index in [1.165, 1.54) is 11.6 Å². The average molecular weight is 442 g/mol. The molecule has 10 heteroatoms. The van der Waals surface area contributed by atoms with E-state index in [1.54, 1.807) is 11.8 Å². The van der Waals surface area contributed by atoms with Crippen LogP contribution in [0.2, 0.25) is 0 Å². The zero-order valence-corrected chi connectivity index (χ0v) is 17.6. The fraction of sp³-hybridized carbons (Fsp3) is 0.667. The Balaban J connectivity index is 1.64. The van der Waals surface area contributed by atoms with Crippen molar-refractivity contribution in [3.05, 3.63) is 29.0 Å². The zero-order chi connectivity index (χ0) is 22.3. The average Bonchev–Trinajstić information content (AvgIpc) is 3.08. The number of rotatable bonds is 2. The molecule has 170 valence electrons. The maximum absolute atomic E-state index is 15.3. The number of hydrogen-bond acceptors (Lipinski definition) is 4. The summed E-state index contributed by atoms with van der Waals surface area (Å²) < 4.78 is 60.6. The molecule has 1 amide bonds. The lowest BCUT2D eigenvalue weighted by Crippen LogP contribution is -2.39. The van der Waals surface area contributed by atoms with E-state index >= 15 is 4.39 Å². The van der Waals surface area contributed by atoms with E-state index in [0.29, 0.717) is 18.8 Å². The smallest absolute Gasteiger partial charge is 0.409 e. The highest BCUT2D eigenvalue weighted by Gasteiger charge is 2.42. The van der Waals surface area contributed by atoms with Gasteiger partial charge in [0.25, 0.3) is 0 Å². The van der Waals surface area contributed by atoms with Crippen molar-refractivity contribution in [3.8, 4) is 0 Å². The highest BCUT2D eigenvalue weighted by atomic mass is 19.4. The number of fused-ring (bicyclic) bond motifs is 1. The molecule has 1 aliphatic carbocycles. The van der Waals surface area contributed by atoms with Crippen LogP contribution in [-0.4, -0.2) is 52.0 Å². The molecule has 31 heavy (non-hydrogen) atoms. The maximum atomic E-state index is 15.3. The van der Waals surface area contributed by atoms with E-state index in [2.05, 4.69) is 10.1 Å². The van der Waals surface area contributed by atoms with E-state index in [4.69, 9.17) is 4.74 Å². The van der Waals surface area contributed by atoms with E-state index in [0.717, 1.165) is 18.5 Å². The minimum Gasteiger partial charge on any atom is -0.453 e. The van der Waals surface area contributed by atoms with Crippen LogP contribution in [0.3, 0.4) is 0 Å². The van der Waals surface area contributed by atoms with Gasteiger partial charge in [-0.05, 0) is 51.5 Å². The molecule has 1 aliphatic heterocycles. The molecule has 1 atom stereocenters. The van der Waals surface area contributed by atoms with Crippen molar-refractivity contribution >= 4 is 11.7 Å². The Kier molecular flexibility index (Phi) is 5.83. The number of alkyl halides is 3. The molecule has 2 aromatic rings. The Labute approximate surface area is 177 Å². The first-order valence-electron chi connectivity index (χ1n) is 10.6. The topological polar surface area (TPSA) is 59.7 Å². The Morgan fingerprint density at radius 1 is 1.16 bits per heavy atom. The summed E-state index contributed by atoms with van der Waals surface area (Å²) in [5.41, 5.74) is 1.67. The lowest BCUT2D eigenvalue weighted by molar-refractivity contribution is -0.182. The molecule has 6 nitrogen and oxygen atoms in total. The summed E-state index contributed by atoms with van der Waals surface area (Å²) in [4.78, 5) is 17.9. The van der Waals surface area contributed by atoms with Crippen LogP contribution in [0.25, 0.3) is 5.65 Å². The Bertz CT molecular complexity index is 966. The number of nitrogens with zero attached hydrogens (tertiary/aromatic N) is 4. The normalized spacial score (nSPS) is 25.1. The van der Waals surface area contributed by atoms with Crippen molar-refractivity contribution in [3.63, 3.8) is 0 Å². The third-order valence-electron chi connectivity index (χ3n) is 6.56. The van der Waals surface area contributed by atoms with Gasteiger partial charge in [-0.2, -0.15) is 18.3 Å². The van der Waals surface area contributed by atoms with Crippen molar-refractivity contribution in [1.82, 2.24) is 19.5 Å². The first-order valence-corrected chi connectivity index (χ1v) is 10.6. The van der Waals surface area contributed by atoms with E-state index in [1.807, 2.05) is 6.07 Å². The number of aryl methyl sites for hydroxylation is 1. The second kappa shape index (κ2) is 8.27. The molecule has 1 saturated heterocycles. The quantitative estimate of drug-likeness (QED) is 0.617. The molecule has 0 unspecified atom stereocenters. The molecular weight excluding hydrogens is 416 g/mol. The number of carbonyl (C=O) groups excluding carboxylic acids is 1. The second-order valence-corrected chi connectivity index (χ2v) is 8.60. The predicted octanol–water partition coefficient (Wildman–Crippen LogP) is 4.96. The minimum absolute atomic E-state index is 0.0164. The van der Waals surface area contributed by atoms with Gasteiger partial charge in [0.2, 0.25) is 0 Å². The standard InChI is InChI=1S/C21H26F4N4O2/c1-12-10-16(14-4-3-9-28(11-14)20(30)31-2)29-19(26-12)17(22)18(27-29)13-5-7-15(8-6-13)21(23,24)25/h10,13-15H,3-9,11H2,1-2H3/t13-,14-,15-/m0/s1. The van der Waals surface area contributed by atoms with Gasteiger partial charge in [0.15, 0.2) is 11.5 Å². The first-order chi connectivity index (χ1) is 14.7. The van der Waals surface area contributed by atoms with Gasteiger partial charge < -0.3 is 9.64 Å². The van der Waals surface area contributed by atoms with Crippen LogP contribution in [0.5, 0.6) is 0 Å². The second-order valence-electron chi connectivity index (χ2n) is 8.60. The molecule has 2 aromatic heterocycles. The van der Waals surface area contributed by atoms with Crippen LogP contribution >= 0.6 is 0 Å². The highest BCUT2D eigenvalue weighted by Crippen LogP contribution is 2.43. The summed E-state index contributed by atoms with van der Waals surface area (Å²) in [7, 11) is 1.34. The van der Waals surface area contributed by atoms with Crippen LogP contribution in [0, 0.1) is 18.7 Å². The largest absolute Gasteiger partial charge is 0.453 e. The number of likely N-dealkylation sites (tertiary alicyclic amines) is 1. The molecule has 0 radical (unpaired) electrons. The van der Waals surface area contributed by atoms with Gasteiger partial charge in [-0.25, -0.2) is 18.7 Å². The number of amides is 1. The Morgan fingerprint density at radius 2 is 1.87 bits per heavy atom. The number of aromatic nitrogens is 3. The van der Waals surface area contributed by atoms with E-state index < -0.39 is 24.0 Å². The number of hydrogen-bond donors (Lipinski definition) is 0. The van der Waals surface area contributed by atoms with Gasteiger partial charge in [0, 0.05) is 30.6 Å². The molecule has 4 rings (SSSR count). The molecular formula is C21H26F4N4O2. The summed E-state index contributed by atoms with van der Waals surface area (Å²) in [5.74, 6) is -2.30. The van der Waals surface area contributed by atoms with Crippen molar-refractivity contribution in [2.24, 2.45) is 5.92 Å². The lowest BCUT2D eigenvalue weighted by atomic mass is 9.80. The van der Waals surface area contributed by atoms with Gasteiger partial charge in [0.1, 0.15) is 5.69 Å². The fourth-order valence-corrected chi connectivity index (χ4v) is 4.92. The van der Waals surface area contributed by atoms with Crippen LogP contribution in [0.1, 0.15) is 67.4 Å². The summed E-state index contributed by atoms with van der Waals surface area (Å²) in [5, 5.41) is 4.49. The van der Waals surface area contributed by atoms with Gasteiger partial charge in [-0.3, -0.25) is 0 Å². The minimum atomic E-state index is -4.21. The van der Waals surface area contributed by atoms with E-state index in [-0.39, 0.29) is 48.9 Å². The molecule has 2 fully saturated rings. The highest BCUT2D eigenvalue weighted by molar-refractivity contribution is 5.67. The maximum Gasteiger partial charge on any atom is 0.409 e. The fourth-order valence-electron chi connectivity index (χ4n) is 4.92. The third-order valence-corrected chi connectivity index (χ3v) is 6.56. The Morgan fingerprint density at radius 3 is 2.52 bits per heavy atom. The third kappa shape index (κ3) is 4.21. The van der Waals surface area contributed by atoms with Gasteiger partial charge >= 0.3 is 12.3 Å². The number of halogens is 4. The number of carbonyl (C=O) groups is 1. The van der Waals surface area contributed by atoms with Crippen molar-refractivity contribution in [1.29, 1.82) is 0 Å². The number of piperidine rings is 1. The SMILES string of the molecule is COC(=O)N1CCC[C@H](c2cc(C)nc3c(F)c([C@H]4CC[C@H](C(F)(F)F)CC4)nn23)C1. The van der Waals surface area contributed by atoms with Crippen molar-refractivity contribution < 1.29 is 27.1 Å². The summed E-state index contributed by atoms with van der Waals surface area (Å²) in [6, 6.07) is 1.84. The van der Waals surface area contributed by atoms with Gasteiger partial charge in [0.05, 0.1) is 18.7 Å². The monoisotopic (exact) mass is 442 g/mol. The molecule has 0 N–H and O–H groups in total. The summed E-state index contributed by atoms with van der Waals surface area (Å²) in [6.45, 7) is 2.79. The predicted molar refractivity (Wildman–Crippen MR) is 104 cm³/mol. The molecule has 0 bridgehead atoms. The molecule has 0 spiro atoms. The zero-order valence-electron chi connectivity index (χ0n) is 17.6. The molecule has 1 saturated carbocycles. The van der Waals surface area contributed by atoms with Crippen LogP contribution in [-0.2, 0) is 4.74 Å². The summed E-state index contributed by atoms with van der Waals surface area (Å²) in [6.07, 6.45) is -2.56. The van der Waals surface area contributed by atoms with Gasteiger partial charge in [-0.1, -0.05) is 0 Å². The molecule has 0 aromatic carbocycles. The number of ether oxygens (including phenoxy) is 1. The van der Waals surface area contributed by atoms with Crippen LogP contribution in [0.15, 0.2) is 6.07 Å². The molecule has 2 aliphatic rings. The Hall–Kier alpha value is -2.39. The lowest BCUT2D eigenvalue weighted by Gasteiger charge is -2.32. The number of methoxy groups -OCH3 is 1. The van der Waals surface area contributed by atoms with Crippen LogP contribution < -0.4 is 0 Å². The van der Waals surface area contributed by atoms with Crippen LogP contribution in [0.4, 0.5) is 22.4 Å². The van der Waals surface area contributed by atoms with E-state index in [9.17, 15) is 18.0 Å². The van der Waals surface area contributed by atoms with Crippen molar-refractivity contribution in [2.75, 3.05) is 20.2 Å².